The number of benzene rings is 2. The van der Waals surface area contributed by atoms with Gasteiger partial charge in [-0.1, -0.05) is 24.3 Å². The summed E-state index contributed by atoms with van der Waals surface area (Å²) in [5.41, 5.74) is 6.60. The minimum absolute atomic E-state index is 0.0656. The highest BCUT2D eigenvalue weighted by atomic mass is 32.2. The van der Waals surface area contributed by atoms with Crippen LogP contribution in [0.25, 0.3) is 0 Å². The summed E-state index contributed by atoms with van der Waals surface area (Å²) in [6.07, 6.45) is 0. The summed E-state index contributed by atoms with van der Waals surface area (Å²) in [7, 11) is -4.76. The van der Waals surface area contributed by atoms with E-state index in [1.165, 1.54) is 24.3 Å². The topological polar surface area (TPSA) is 101 Å². The molecule has 0 heterocycles. The first-order chi connectivity index (χ1) is 9.80. The van der Waals surface area contributed by atoms with Gasteiger partial charge >= 0.3 is 10.3 Å². The van der Waals surface area contributed by atoms with Crippen molar-refractivity contribution in [3.05, 3.63) is 59.7 Å². The highest BCUT2D eigenvalue weighted by molar-refractivity contribution is 7.88. The van der Waals surface area contributed by atoms with Crippen molar-refractivity contribution < 1.29 is 17.8 Å². The van der Waals surface area contributed by atoms with Gasteiger partial charge in [0.15, 0.2) is 0 Å². The van der Waals surface area contributed by atoms with Crippen LogP contribution in [0.1, 0.15) is 15.9 Å². The fourth-order valence-electron chi connectivity index (χ4n) is 1.92. The first-order valence-electron chi connectivity index (χ1n) is 6.04. The standard InChI is InChI=1S/C14H14N2O4S/c1-10-5-2-3-8-13(10)16(21(18,19)20)14(17)11-6-4-7-12(15)9-11/h2-9H,15H2,1H3,(H,18,19,20). The minimum Gasteiger partial charge on any atom is -0.399 e. The van der Waals surface area contributed by atoms with E-state index in [0.717, 1.165) is 0 Å². The molecule has 0 unspecified atom stereocenters. The zero-order valence-electron chi connectivity index (χ0n) is 11.2. The molecule has 110 valence electrons. The highest BCUT2D eigenvalue weighted by Gasteiger charge is 2.29. The van der Waals surface area contributed by atoms with Crippen molar-refractivity contribution >= 4 is 27.6 Å². The van der Waals surface area contributed by atoms with Gasteiger partial charge in [-0.3, -0.25) is 9.35 Å². The molecule has 0 aliphatic carbocycles. The number of aryl methyl sites for hydroxylation is 1. The molecular formula is C14H14N2O4S. The van der Waals surface area contributed by atoms with Gasteiger partial charge in [-0.25, -0.2) is 0 Å². The molecule has 1 amide bonds. The maximum Gasteiger partial charge on any atom is 0.366 e. The lowest BCUT2D eigenvalue weighted by Gasteiger charge is -2.20. The number of hydrogen-bond acceptors (Lipinski definition) is 4. The SMILES string of the molecule is Cc1ccccc1N(C(=O)c1cccc(N)c1)S(=O)(=O)O. The van der Waals surface area contributed by atoms with Crippen LogP contribution < -0.4 is 10.0 Å². The normalized spacial score (nSPS) is 11.1. The van der Waals surface area contributed by atoms with Crippen LogP contribution in [0.4, 0.5) is 11.4 Å². The van der Waals surface area contributed by atoms with E-state index < -0.39 is 16.2 Å². The van der Waals surface area contributed by atoms with E-state index in [2.05, 4.69) is 0 Å². The number of para-hydroxylation sites is 1. The Bertz CT molecular complexity index is 787. The molecule has 21 heavy (non-hydrogen) atoms. The second-order valence-electron chi connectivity index (χ2n) is 4.46. The molecule has 2 rings (SSSR count). The number of amides is 1. The van der Waals surface area contributed by atoms with Crippen LogP contribution in [0, 0.1) is 6.92 Å². The molecule has 0 saturated carbocycles. The number of nitrogens with zero attached hydrogens (tertiary/aromatic N) is 1. The van der Waals surface area contributed by atoms with E-state index in [1.54, 1.807) is 31.2 Å². The van der Waals surface area contributed by atoms with Crippen LogP contribution in [0.15, 0.2) is 48.5 Å². The number of rotatable bonds is 3. The average molecular weight is 306 g/mol. The Kier molecular flexibility index (Phi) is 3.97. The lowest BCUT2D eigenvalue weighted by Crippen LogP contribution is -2.37. The van der Waals surface area contributed by atoms with E-state index in [4.69, 9.17) is 5.73 Å². The maximum atomic E-state index is 12.4. The predicted octanol–water partition coefficient (Wildman–Crippen LogP) is 2.03. The summed E-state index contributed by atoms with van der Waals surface area (Å²) in [6, 6.07) is 12.2. The second kappa shape index (κ2) is 5.55. The van der Waals surface area contributed by atoms with Crippen molar-refractivity contribution in [2.75, 3.05) is 10.0 Å². The van der Waals surface area contributed by atoms with Gasteiger partial charge in [-0.05, 0) is 36.8 Å². The van der Waals surface area contributed by atoms with Gasteiger partial charge in [0.05, 0.1) is 5.69 Å². The van der Waals surface area contributed by atoms with E-state index in [1.807, 2.05) is 0 Å². The van der Waals surface area contributed by atoms with E-state index in [-0.39, 0.29) is 11.3 Å². The van der Waals surface area contributed by atoms with Crippen molar-refractivity contribution in [2.45, 2.75) is 6.92 Å². The lowest BCUT2D eigenvalue weighted by molar-refractivity contribution is 0.100. The van der Waals surface area contributed by atoms with Crippen LogP contribution in [0.3, 0.4) is 0 Å². The molecule has 0 spiro atoms. The van der Waals surface area contributed by atoms with Crippen molar-refractivity contribution in [3.63, 3.8) is 0 Å². The second-order valence-corrected chi connectivity index (χ2v) is 5.72. The molecule has 2 aromatic carbocycles. The zero-order chi connectivity index (χ0) is 15.6. The van der Waals surface area contributed by atoms with Crippen LogP contribution in [0.5, 0.6) is 0 Å². The molecule has 2 aromatic rings. The highest BCUT2D eigenvalue weighted by Crippen LogP contribution is 2.24. The summed E-state index contributed by atoms with van der Waals surface area (Å²) in [5, 5.41) is 0. The molecule has 3 N–H and O–H groups in total. The molecule has 0 atom stereocenters. The van der Waals surface area contributed by atoms with Crippen LogP contribution in [-0.2, 0) is 10.3 Å². The monoisotopic (exact) mass is 306 g/mol. The smallest absolute Gasteiger partial charge is 0.366 e. The molecule has 0 saturated heterocycles. The van der Waals surface area contributed by atoms with Crippen molar-refractivity contribution in [3.8, 4) is 0 Å². The number of nitrogens with two attached hydrogens (primary N) is 1. The fraction of sp³-hybridized carbons (Fsp3) is 0.0714. The maximum absolute atomic E-state index is 12.4. The summed E-state index contributed by atoms with van der Waals surface area (Å²) < 4.78 is 33.0. The molecule has 7 heteroatoms. The van der Waals surface area contributed by atoms with Gasteiger partial charge in [-0.15, -0.1) is 0 Å². The molecule has 0 bridgehead atoms. The molecule has 0 aliphatic heterocycles. The third-order valence-corrected chi connectivity index (χ3v) is 3.71. The zero-order valence-corrected chi connectivity index (χ0v) is 12.0. The average Bonchev–Trinajstić information content (AvgIpc) is 2.39. The molecule has 0 fully saturated rings. The third kappa shape index (κ3) is 3.21. The first kappa shape index (κ1) is 15.0. The Balaban J connectivity index is 2.58. The largest absolute Gasteiger partial charge is 0.399 e. The van der Waals surface area contributed by atoms with Crippen molar-refractivity contribution in [1.82, 2.24) is 0 Å². The van der Waals surface area contributed by atoms with Gasteiger partial charge in [-0.2, -0.15) is 12.7 Å². The predicted molar refractivity (Wildman–Crippen MR) is 80.4 cm³/mol. The summed E-state index contributed by atoms with van der Waals surface area (Å²) in [4.78, 5) is 12.4. The lowest BCUT2D eigenvalue weighted by atomic mass is 10.1. The van der Waals surface area contributed by atoms with Crippen molar-refractivity contribution in [2.24, 2.45) is 0 Å². The molecule has 0 aromatic heterocycles. The number of hydrogen-bond donors (Lipinski definition) is 2. The molecule has 6 nitrogen and oxygen atoms in total. The fourth-order valence-corrected chi connectivity index (χ4v) is 2.69. The quantitative estimate of drug-likeness (QED) is 0.667. The Hall–Kier alpha value is -2.38. The van der Waals surface area contributed by atoms with Crippen molar-refractivity contribution in [1.29, 1.82) is 0 Å². The van der Waals surface area contributed by atoms with Crippen LogP contribution in [0.2, 0.25) is 0 Å². The Morgan fingerprint density at radius 3 is 2.38 bits per heavy atom. The van der Waals surface area contributed by atoms with Gasteiger partial charge in [0.25, 0.3) is 5.91 Å². The van der Waals surface area contributed by atoms with Gasteiger partial charge < -0.3 is 5.73 Å². The number of carbonyl (C=O) groups excluding carboxylic acids is 1. The molecule has 0 aliphatic rings. The van der Waals surface area contributed by atoms with Gasteiger partial charge in [0.1, 0.15) is 0 Å². The Morgan fingerprint density at radius 2 is 1.81 bits per heavy atom. The molecule has 0 radical (unpaired) electrons. The van der Waals surface area contributed by atoms with Gasteiger partial charge in [0, 0.05) is 11.3 Å². The number of anilines is 2. The Labute approximate surface area is 122 Å². The number of carbonyl (C=O) groups is 1. The first-order valence-corrected chi connectivity index (χ1v) is 7.43. The molecular weight excluding hydrogens is 292 g/mol. The van der Waals surface area contributed by atoms with E-state index in [9.17, 15) is 17.8 Å². The number of nitrogen functional groups attached to an aromatic ring is 1. The van der Waals surface area contributed by atoms with Crippen LogP contribution in [-0.4, -0.2) is 18.9 Å². The minimum atomic E-state index is -4.76. The Morgan fingerprint density at radius 1 is 1.14 bits per heavy atom. The van der Waals surface area contributed by atoms with Crippen LogP contribution >= 0.6 is 0 Å². The van der Waals surface area contributed by atoms with E-state index in [0.29, 0.717) is 15.6 Å². The summed E-state index contributed by atoms with van der Waals surface area (Å²) in [6.45, 7) is 1.64. The summed E-state index contributed by atoms with van der Waals surface area (Å²) in [5.74, 6) is -0.876. The van der Waals surface area contributed by atoms with Gasteiger partial charge in [0.2, 0.25) is 0 Å². The van der Waals surface area contributed by atoms with E-state index >= 15 is 0 Å². The summed E-state index contributed by atoms with van der Waals surface area (Å²) >= 11 is 0. The third-order valence-electron chi connectivity index (χ3n) is 2.88.